The SMILES string of the molecule is C=C/C=C(\C)C1(C(=C)/C=C\C)NC(=C)c2ccccc21. The van der Waals surface area contributed by atoms with Crippen LogP contribution in [0, 0.1) is 0 Å². The molecule has 0 aromatic heterocycles. The molecule has 1 heteroatoms. The second-order valence-corrected chi connectivity index (χ2v) is 5.01. The zero-order valence-electron chi connectivity index (χ0n) is 12.2. The van der Waals surface area contributed by atoms with Crippen LogP contribution in [-0.2, 0) is 5.54 Å². The molecule has 1 heterocycles. The summed E-state index contributed by atoms with van der Waals surface area (Å²) in [6.07, 6.45) is 7.89. The van der Waals surface area contributed by atoms with Crippen LogP contribution in [0.2, 0.25) is 0 Å². The topological polar surface area (TPSA) is 12.0 Å². The lowest BCUT2D eigenvalue weighted by Gasteiger charge is -2.33. The standard InChI is InChI=1S/C19H21N/c1-6-10-14(3)19(15(4)11-7-2)18-13-9-8-12-17(18)16(5)20-19/h6-13,20H,1,4-5H2,2-3H3/b11-7-,14-10+. The zero-order chi connectivity index (χ0) is 14.8. The van der Waals surface area contributed by atoms with Gasteiger partial charge in [0.05, 0.1) is 0 Å². The Morgan fingerprint density at radius 1 is 1.30 bits per heavy atom. The molecular weight excluding hydrogens is 242 g/mol. The second kappa shape index (κ2) is 5.38. The summed E-state index contributed by atoms with van der Waals surface area (Å²) in [6, 6.07) is 8.32. The van der Waals surface area contributed by atoms with Crippen molar-refractivity contribution in [3.63, 3.8) is 0 Å². The Labute approximate surface area is 121 Å². The molecule has 102 valence electrons. The second-order valence-electron chi connectivity index (χ2n) is 5.01. The molecule has 1 nitrogen and oxygen atoms in total. The first-order valence-corrected chi connectivity index (χ1v) is 6.76. The number of hydrogen-bond acceptors (Lipinski definition) is 1. The van der Waals surface area contributed by atoms with E-state index in [-0.39, 0.29) is 0 Å². The van der Waals surface area contributed by atoms with Gasteiger partial charge in [-0.05, 0) is 30.6 Å². The van der Waals surface area contributed by atoms with Gasteiger partial charge in [0.2, 0.25) is 0 Å². The van der Waals surface area contributed by atoms with Crippen molar-refractivity contribution < 1.29 is 0 Å². The first kappa shape index (κ1) is 14.1. The smallest absolute Gasteiger partial charge is 0.110 e. The summed E-state index contributed by atoms with van der Waals surface area (Å²) in [4.78, 5) is 0. The van der Waals surface area contributed by atoms with E-state index >= 15 is 0 Å². The number of nitrogens with one attached hydrogen (secondary N) is 1. The minimum Gasteiger partial charge on any atom is -0.368 e. The van der Waals surface area contributed by atoms with Crippen molar-refractivity contribution in [3.8, 4) is 0 Å². The fourth-order valence-corrected chi connectivity index (χ4v) is 2.88. The van der Waals surface area contributed by atoms with Crippen molar-refractivity contribution in [2.45, 2.75) is 19.4 Å². The summed E-state index contributed by atoms with van der Waals surface area (Å²) in [7, 11) is 0. The fraction of sp³-hybridized carbons (Fsp3) is 0.158. The number of fused-ring (bicyclic) bond motifs is 1. The lowest BCUT2D eigenvalue weighted by molar-refractivity contribution is 0.575. The first-order valence-electron chi connectivity index (χ1n) is 6.76. The summed E-state index contributed by atoms with van der Waals surface area (Å²) in [5, 5.41) is 3.54. The van der Waals surface area contributed by atoms with E-state index in [4.69, 9.17) is 0 Å². The van der Waals surface area contributed by atoms with E-state index in [1.54, 1.807) is 0 Å². The highest BCUT2D eigenvalue weighted by Crippen LogP contribution is 2.45. The van der Waals surface area contributed by atoms with Crippen molar-refractivity contribution in [1.29, 1.82) is 0 Å². The molecule has 0 saturated carbocycles. The third-order valence-electron chi connectivity index (χ3n) is 3.80. The minimum atomic E-state index is -0.422. The van der Waals surface area contributed by atoms with Crippen molar-refractivity contribution in [2.24, 2.45) is 0 Å². The quantitative estimate of drug-likeness (QED) is 0.775. The van der Waals surface area contributed by atoms with E-state index in [1.165, 1.54) is 5.56 Å². The van der Waals surface area contributed by atoms with Crippen molar-refractivity contribution >= 4 is 5.70 Å². The van der Waals surface area contributed by atoms with Crippen molar-refractivity contribution in [2.75, 3.05) is 0 Å². The maximum absolute atomic E-state index is 4.27. The average Bonchev–Trinajstić information content (AvgIpc) is 2.74. The molecule has 1 aliphatic rings. The van der Waals surface area contributed by atoms with Gasteiger partial charge >= 0.3 is 0 Å². The van der Waals surface area contributed by atoms with Crippen molar-refractivity contribution in [3.05, 3.63) is 90.6 Å². The molecule has 0 aliphatic carbocycles. The predicted molar refractivity (Wildman–Crippen MR) is 88.2 cm³/mol. The third kappa shape index (κ3) is 1.96. The Morgan fingerprint density at radius 3 is 2.65 bits per heavy atom. The summed E-state index contributed by atoms with van der Waals surface area (Å²) in [5.41, 5.74) is 5.01. The highest BCUT2D eigenvalue weighted by atomic mass is 15.0. The fourth-order valence-electron chi connectivity index (χ4n) is 2.88. The third-order valence-corrected chi connectivity index (χ3v) is 3.80. The number of allylic oxidation sites excluding steroid dienone is 3. The van der Waals surface area contributed by atoms with Gasteiger partial charge < -0.3 is 5.32 Å². The maximum atomic E-state index is 4.27. The molecule has 1 unspecified atom stereocenters. The Bertz CT molecular complexity index is 631. The van der Waals surface area contributed by atoms with Crippen LogP contribution in [0.5, 0.6) is 0 Å². The molecule has 1 aliphatic heterocycles. The van der Waals surface area contributed by atoms with E-state index in [0.29, 0.717) is 0 Å². The van der Waals surface area contributed by atoms with Crippen LogP contribution in [0.15, 0.2) is 79.5 Å². The van der Waals surface area contributed by atoms with Gasteiger partial charge in [-0.25, -0.2) is 0 Å². The predicted octanol–water partition coefficient (Wildman–Crippen LogP) is 4.72. The summed E-state index contributed by atoms with van der Waals surface area (Å²) in [5.74, 6) is 0. The lowest BCUT2D eigenvalue weighted by Crippen LogP contribution is -2.38. The molecule has 0 radical (unpaired) electrons. The molecule has 1 atom stereocenters. The average molecular weight is 263 g/mol. The monoisotopic (exact) mass is 263 g/mol. The van der Waals surface area contributed by atoms with E-state index in [1.807, 2.05) is 37.3 Å². The molecule has 1 aromatic carbocycles. The molecule has 0 fully saturated rings. The summed E-state index contributed by atoms with van der Waals surface area (Å²) >= 11 is 0. The highest BCUT2D eigenvalue weighted by Gasteiger charge is 2.42. The number of hydrogen-bond donors (Lipinski definition) is 1. The number of benzene rings is 1. The van der Waals surface area contributed by atoms with Gasteiger partial charge in [0.15, 0.2) is 0 Å². The van der Waals surface area contributed by atoms with Gasteiger partial charge in [-0.15, -0.1) is 0 Å². The largest absolute Gasteiger partial charge is 0.368 e. The number of rotatable bonds is 4. The van der Waals surface area contributed by atoms with Crippen molar-refractivity contribution in [1.82, 2.24) is 5.32 Å². The molecule has 0 saturated heterocycles. The van der Waals surface area contributed by atoms with Gasteiger partial charge in [-0.2, -0.15) is 0 Å². The summed E-state index contributed by atoms with van der Waals surface area (Å²) < 4.78 is 0. The van der Waals surface area contributed by atoms with Crippen LogP contribution in [0.3, 0.4) is 0 Å². The van der Waals surface area contributed by atoms with E-state index in [9.17, 15) is 0 Å². The Kier molecular flexibility index (Phi) is 3.80. The normalized spacial score (nSPS) is 21.7. The van der Waals surface area contributed by atoms with E-state index < -0.39 is 5.54 Å². The van der Waals surface area contributed by atoms with Crippen LogP contribution in [-0.4, -0.2) is 0 Å². The van der Waals surface area contributed by atoms with Gasteiger partial charge in [0, 0.05) is 11.3 Å². The van der Waals surface area contributed by atoms with E-state index in [2.05, 4.69) is 50.2 Å². The molecule has 0 bridgehead atoms. The Morgan fingerprint density at radius 2 is 2.00 bits per heavy atom. The molecule has 2 rings (SSSR count). The van der Waals surface area contributed by atoms with Crippen LogP contribution in [0.1, 0.15) is 25.0 Å². The zero-order valence-corrected chi connectivity index (χ0v) is 12.2. The first-order chi connectivity index (χ1) is 9.57. The van der Waals surface area contributed by atoms with Crippen LogP contribution in [0.25, 0.3) is 5.70 Å². The van der Waals surface area contributed by atoms with E-state index in [0.717, 1.165) is 22.4 Å². The molecule has 0 amide bonds. The molecule has 0 spiro atoms. The summed E-state index contributed by atoms with van der Waals surface area (Å²) in [6.45, 7) is 16.3. The Balaban J connectivity index is 2.73. The van der Waals surface area contributed by atoms with Crippen LogP contribution in [0.4, 0.5) is 0 Å². The van der Waals surface area contributed by atoms with Gasteiger partial charge in [0.25, 0.3) is 0 Å². The molecular formula is C19H21N. The van der Waals surface area contributed by atoms with Gasteiger partial charge in [0.1, 0.15) is 5.54 Å². The van der Waals surface area contributed by atoms with Gasteiger partial charge in [-0.1, -0.05) is 68.3 Å². The molecule has 1 aromatic rings. The Hall–Kier alpha value is -2.28. The molecule has 20 heavy (non-hydrogen) atoms. The minimum absolute atomic E-state index is 0.422. The van der Waals surface area contributed by atoms with Crippen LogP contribution >= 0.6 is 0 Å². The van der Waals surface area contributed by atoms with Gasteiger partial charge in [-0.3, -0.25) is 0 Å². The maximum Gasteiger partial charge on any atom is 0.110 e. The lowest BCUT2D eigenvalue weighted by atomic mass is 9.78. The highest BCUT2D eigenvalue weighted by molar-refractivity contribution is 5.76. The van der Waals surface area contributed by atoms with Crippen LogP contribution < -0.4 is 5.32 Å². The molecule has 1 N–H and O–H groups in total.